The number of piperidine rings is 1. The highest BCUT2D eigenvalue weighted by molar-refractivity contribution is 7.88. The molecule has 3 N–H and O–H groups in total. The van der Waals surface area contributed by atoms with Gasteiger partial charge in [-0.25, -0.2) is 13.1 Å². The van der Waals surface area contributed by atoms with Gasteiger partial charge in [0.25, 0.3) is 0 Å². The van der Waals surface area contributed by atoms with E-state index >= 15 is 0 Å². The second-order valence-corrected chi connectivity index (χ2v) is 11.1. The molecule has 0 bridgehead atoms. The van der Waals surface area contributed by atoms with Crippen LogP contribution in [-0.4, -0.2) is 51.0 Å². The number of nitrogens with one attached hydrogen (secondary N) is 3. The van der Waals surface area contributed by atoms with Crippen molar-refractivity contribution < 1.29 is 8.42 Å². The Morgan fingerprint density at radius 2 is 1.88 bits per heavy atom. The van der Waals surface area contributed by atoms with Gasteiger partial charge in [0, 0.05) is 29.2 Å². The Morgan fingerprint density at radius 3 is 2.61 bits per heavy atom. The molecule has 1 aliphatic heterocycles. The number of sulfonamides is 1. The summed E-state index contributed by atoms with van der Waals surface area (Å²) in [6.45, 7) is 5.63. The van der Waals surface area contributed by atoms with Crippen LogP contribution in [0.3, 0.4) is 0 Å². The zero-order chi connectivity index (χ0) is 23.3. The molecule has 2 aromatic carbocycles. The number of aromatic amines is 1. The molecule has 1 fully saturated rings. The summed E-state index contributed by atoms with van der Waals surface area (Å²) in [7, 11) is -1.81. The summed E-state index contributed by atoms with van der Waals surface area (Å²) in [4.78, 5) is 5.91. The van der Waals surface area contributed by atoms with E-state index in [0.717, 1.165) is 48.9 Å². The van der Waals surface area contributed by atoms with Crippen molar-refractivity contribution in [3.05, 3.63) is 71.4 Å². The van der Waals surface area contributed by atoms with Crippen LogP contribution < -0.4 is 10.0 Å². The molecule has 0 saturated carbocycles. The van der Waals surface area contributed by atoms with Gasteiger partial charge in [-0.15, -0.1) is 0 Å². The molecule has 0 spiro atoms. The maximum absolute atomic E-state index is 11.9. The second-order valence-electron chi connectivity index (χ2n) is 9.18. The molecule has 0 amide bonds. The summed E-state index contributed by atoms with van der Waals surface area (Å²) in [6, 6.07) is 17.5. The summed E-state index contributed by atoms with van der Waals surface area (Å²) < 4.78 is 26.2. The van der Waals surface area contributed by atoms with E-state index in [4.69, 9.17) is 0 Å². The standard InChI is InChI=1S/C26H36N4O2S/c1-20(22-7-4-3-5-8-22)29-24-12-15-30(16-13-24)14-6-9-23-18-28-26-11-10-21(17-25(23)26)19-33(31,32)27-2/h3-5,7-8,10-11,17-18,20,24,27-29H,6,9,12-16,19H2,1-2H3/t20-/m1/s1. The quantitative estimate of drug-likeness (QED) is 0.421. The van der Waals surface area contributed by atoms with E-state index in [2.05, 4.69) is 63.4 Å². The lowest BCUT2D eigenvalue weighted by Gasteiger charge is -2.34. The van der Waals surface area contributed by atoms with E-state index in [1.807, 2.05) is 18.2 Å². The molecule has 1 saturated heterocycles. The zero-order valence-electron chi connectivity index (χ0n) is 19.7. The monoisotopic (exact) mass is 468 g/mol. The van der Waals surface area contributed by atoms with Crippen LogP contribution >= 0.6 is 0 Å². The van der Waals surface area contributed by atoms with Crippen LogP contribution in [-0.2, 0) is 22.2 Å². The van der Waals surface area contributed by atoms with Crippen molar-refractivity contribution in [1.82, 2.24) is 19.9 Å². The average molecular weight is 469 g/mol. The first kappa shape index (κ1) is 24.0. The number of benzene rings is 2. The van der Waals surface area contributed by atoms with Gasteiger partial charge >= 0.3 is 0 Å². The normalized spacial score (nSPS) is 16.9. The van der Waals surface area contributed by atoms with Gasteiger partial charge in [-0.2, -0.15) is 0 Å². The first-order chi connectivity index (χ1) is 15.9. The van der Waals surface area contributed by atoms with Crippen LogP contribution in [0, 0.1) is 0 Å². The average Bonchev–Trinajstić information content (AvgIpc) is 3.23. The first-order valence-electron chi connectivity index (χ1n) is 12.0. The smallest absolute Gasteiger partial charge is 0.215 e. The number of nitrogens with zero attached hydrogens (tertiary/aromatic N) is 1. The fraction of sp³-hybridized carbons (Fsp3) is 0.462. The van der Waals surface area contributed by atoms with Crippen molar-refractivity contribution in [2.75, 3.05) is 26.7 Å². The molecule has 6 nitrogen and oxygen atoms in total. The Bertz CT molecular complexity index is 1140. The Labute approximate surface area is 197 Å². The molecule has 1 aliphatic rings. The van der Waals surface area contributed by atoms with Gasteiger partial charge in [-0.3, -0.25) is 0 Å². The number of hydrogen-bond acceptors (Lipinski definition) is 4. The lowest BCUT2D eigenvalue weighted by molar-refractivity contribution is 0.190. The highest BCUT2D eigenvalue weighted by Gasteiger charge is 2.20. The molecule has 4 rings (SSSR count). The van der Waals surface area contributed by atoms with Gasteiger partial charge in [0.2, 0.25) is 10.0 Å². The Balaban J connectivity index is 1.24. The molecule has 3 aromatic rings. The third kappa shape index (κ3) is 6.44. The van der Waals surface area contributed by atoms with Crippen molar-refractivity contribution in [2.24, 2.45) is 0 Å². The van der Waals surface area contributed by atoms with E-state index in [0.29, 0.717) is 12.1 Å². The highest BCUT2D eigenvalue weighted by Crippen LogP contribution is 2.23. The van der Waals surface area contributed by atoms with E-state index in [1.54, 1.807) is 0 Å². The number of fused-ring (bicyclic) bond motifs is 1. The molecule has 7 heteroatoms. The molecule has 1 atom stereocenters. The second kappa shape index (κ2) is 10.8. The third-order valence-corrected chi connectivity index (χ3v) is 8.13. The summed E-state index contributed by atoms with van der Waals surface area (Å²) in [5.41, 5.74) is 4.50. The Hall–Kier alpha value is -2.19. The van der Waals surface area contributed by atoms with Gasteiger partial charge < -0.3 is 15.2 Å². The fourth-order valence-electron chi connectivity index (χ4n) is 4.82. The minimum Gasteiger partial charge on any atom is -0.361 e. The molecule has 0 aliphatic carbocycles. The largest absolute Gasteiger partial charge is 0.361 e. The lowest BCUT2D eigenvalue weighted by atomic mass is 10.0. The molecular formula is C26H36N4O2S. The molecule has 178 valence electrons. The topological polar surface area (TPSA) is 77.2 Å². The van der Waals surface area contributed by atoms with Gasteiger partial charge in [-0.1, -0.05) is 36.4 Å². The molecule has 0 unspecified atom stereocenters. The summed E-state index contributed by atoms with van der Waals surface area (Å²) >= 11 is 0. The van der Waals surface area contributed by atoms with Crippen molar-refractivity contribution in [1.29, 1.82) is 0 Å². The minimum atomic E-state index is -3.27. The number of likely N-dealkylation sites (tertiary alicyclic amines) is 1. The Morgan fingerprint density at radius 1 is 1.12 bits per heavy atom. The maximum Gasteiger partial charge on any atom is 0.215 e. The van der Waals surface area contributed by atoms with Crippen LogP contribution in [0.5, 0.6) is 0 Å². The van der Waals surface area contributed by atoms with E-state index in [1.165, 1.54) is 31.0 Å². The van der Waals surface area contributed by atoms with Crippen molar-refractivity contribution in [3.8, 4) is 0 Å². The van der Waals surface area contributed by atoms with Crippen molar-refractivity contribution >= 4 is 20.9 Å². The minimum absolute atomic E-state index is 0.00985. The van der Waals surface area contributed by atoms with Gasteiger partial charge in [0.05, 0.1) is 5.75 Å². The van der Waals surface area contributed by atoms with E-state index < -0.39 is 10.0 Å². The van der Waals surface area contributed by atoms with Crippen LogP contribution in [0.25, 0.3) is 10.9 Å². The van der Waals surface area contributed by atoms with E-state index in [9.17, 15) is 8.42 Å². The predicted molar refractivity (Wildman–Crippen MR) is 136 cm³/mol. The summed E-state index contributed by atoms with van der Waals surface area (Å²) in [6.07, 6.45) is 6.54. The van der Waals surface area contributed by atoms with Gasteiger partial charge in [0.15, 0.2) is 0 Å². The predicted octanol–water partition coefficient (Wildman–Crippen LogP) is 3.96. The van der Waals surface area contributed by atoms with Crippen LogP contribution in [0.4, 0.5) is 0 Å². The number of aromatic nitrogens is 1. The Kier molecular flexibility index (Phi) is 7.86. The first-order valence-corrected chi connectivity index (χ1v) is 13.6. The van der Waals surface area contributed by atoms with Crippen molar-refractivity contribution in [2.45, 2.75) is 50.4 Å². The molecular weight excluding hydrogens is 432 g/mol. The zero-order valence-corrected chi connectivity index (χ0v) is 20.5. The fourth-order valence-corrected chi connectivity index (χ4v) is 5.58. The molecule has 2 heterocycles. The molecule has 0 radical (unpaired) electrons. The number of hydrogen-bond donors (Lipinski definition) is 3. The molecule has 1 aromatic heterocycles. The maximum atomic E-state index is 11.9. The van der Waals surface area contributed by atoms with Gasteiger partial charge in [0.1, 0.15) is 0 Å². The number of H-pyrrole nitrogens is 1. The highest BCUT2D eigenvalue weighted by atomic mass is 32.2. The van der Waals surface area contributed by atoms with Crippen molar-refractivity contribution in [3.63, 3.8) is 0 Å². The van der Waals surface area contributed by atoms with Crippen LogP contribution in [0.1, 0.15) is 48.9 Å². The third-order valence-electron chi connectivity index (χ3n) is 6.79. The summed E-state index contributed by atoms with van der Waals surface area (Å²) in [5.74, 6) is 0.00985. The number of rotatable bonds is 10. The lowest BCUT2D eigenvalue weighted by Crippen LogP contribution is -2.43. The SMILES string of the molecule is CNS(=O)(=O)Cc1ccc2[nH]cc(CCCN3CCC(N[C@H](C)c4ccccc4)CC3)c2c1. The van der Waals surface area contributed by atoms with Crippen LogP contribution in [0.2, 0.25) is 0 Å². The van der Waals surface area contributed by atoms with Crippen LogP contribution in [0.15, 0.2) is 54.7 Å². The molecule has 33 heavy (non-hydrogen) atoms. The summed E-state index contributed by atoms with van der Waals surface area (Å²) in [5, 5.41) is 4.94. The van der Waals surface area contributed by atoms with Gasteiger partial charge in [-0.05, 0) is 88.1 Å². The van der Waals surface area contributed by atoms with E-state index in [-0.39, 0.29) is 5.75 Å². The number of aryl methyl sites for hydroxylation is 1.